The van der Waals surface area contributed by atoms with E-state index in [9.17, 15) is 4.79 Å². The van der Waals surface area contributed by atoms with Crippen LogP contribution in [0, 0.1) is 12.3 Å². The largest absolute Gasteiger partial charge is 0.299 e. The monoisotopic (exact) mass is 257 g/mol. The summed E-state index contributed by atoms with van der Waals surface area (Å²) in [6.07, 6.45) is 8.09. The van der Waals surface area contributed by atoms with E-state index in [4.69, 9.17) is 18.0 Å². The van der Waals surface area contributed by atoms with E-state index in [1.165, 1.54) is 0 Å². The van der Waals surface area contributed by atoms with Crippen LogP contribution in [0.5, 0.6) is 0 Å². The fourth-order valence-corrected chi connectivity index (χ4v) is 1.96. The number of aromatic nitrogens is 1. The number of halogens is 1. The summed E-state index contributed by atoms with van der Waals surface area (Å²) >= 11 is 5.89. The molecule has 2 rings (SSSR count). The lowest BCUT2D eigenvalue weighted by Gasteiger charge is -2.03. The van der Waals surface area contributed by atoms with Crippen molar-refractivity contribution in [1.29, 1.82) is 0 Å². The highest BCUT2D eigenvalue weighted by atomic mass is 35.5. The van der Waals surface area contributed by atoms with Crippen LogP contribution in [0.15, 0.2) is 30.5 Å². The number of carbonyl (C=O) groups excluding carboxylic acids is 1. The summed E-state index contributed by atoms with van der Waals surface area (Å²) in [5.74, 6) is 2.63. The quantitative estimate of drug-likeness (QED) is 0.786. The second-order valence-electron chi connectivity index (χ2n) is 4.10. The van der Waals surface area contributed by atoms with Gasteiger partial charge in [-0.15, -0.1) is 12.3 Å². The van der Waals surface area contributed by atoms with Gasteiger partial charge in [0.1, 0.15) is 5.78 Å². The van der Waals surface area contributed by atoms with Gasteiger partial charge in [-0.1, -0.05) is 17.7 Å². The number of hydrogen-bond donors (Lipinski definition) is 0. The maximum atomic E-state index is 11.6. The van der Waals surface area contributed by atoms with Crippen molar-refractivity contribution in [2.75, 3.05) is 0 Å². The molecule has 0 spiro atoms. The Morgan fingerprint density at radius 3 is 3.00 bits per heavy atom. The Labute approximate surface area is 111 Å². The molecule has 1 heterocycles. The second kappa shape index (κ2) is 5.66. The predicted molar refractivity (Wildman–Crippen MR) is 73.5 cm³/mol. The lowest BCUT2D eigenvalue weighted by atomic mass is 10.0. The zero-order chi connectivity index (χ0) is 13.0. The molecule has 1 aromatic heterocycles. The Hall–Kier alpha value is -1.85. The molecule has 90 valence electrons. The Balaban J connectivity index is 2.19. The summed E-state index contributed by atoms with van der Waals surface area (Å²) in [6.45, 7) is 0. The van der Waals surface area contributed by atoms with E-state index in [-0.39, 0.29) is 5.78 Å². The molecule has 2 nitrogen and oxygen atoms in total. The van der Waals surface area contributed by atoms with Gasteiger partial charge in [0.25, 0.3) is 0 Å². The number of carbonyl (C=O) groups is 1. The van der Waals surface area contributed by atoms with Gasteiger partial charge in [-0.05, 0) is 23.8 Å². The first-order valence-corrected chi connectivity index (χ1v) is 6.06. The SMILES string of the molecule is C#CCCC(=O)Cc1ccc2ncc(Cl)cc2c1. The fraction of sp³-hybridized carbons (Fsp3) is 0.200. The first-order valence-electron chi connectivity index (χ1n) is 5.68. The van der Waals surface area contributed by atoms with Gasteiger partial charge in [-0.3, -0.25) is 9.78 Å². The molecule has 0 N–H and O–H groups in total. The van der Waals surface area contributed by atoms with Crippen molar-refractivity contribution in [2.45, 2.75) is 19.3 Å². The molecule has 0 aliphatic heterocycles. The number of Topliss-reactive ketones (excluding diaryl/α,β-unsaturated/α-hetero) is 1. The number of rotatable bonds is 4. The van der Waals surface area contributed by atoms with E-state index in [0.717, 1.165) is 16.5 Å². The molecule has 0 amide bonds. The van der Waals surface area contributed by atoms with Gasteiger partial charge in [0.15, 0.2) is 0 Å². The van der Waals surface area contributed by atoms with Crippen LogP contribution < -0.4 is 0 Å². The highest BCUT2D eigenvalue weighted by Crippen LogP contribution is 2.18. The van der Waals surface area contributed by atoms with Crippen LogP contribution in [-0.2, 0) is 11.2 Å². The number of nitrogens with zero attached hydrogens (tertiary/aromatic N) is 1. The van der Waals surface area contributed by atoms with Crippen LogP contribution in [0.25, 0.3) is 10.9 Å². The molecule has 2 aromatic rings. The Morgan fingerprint density at radius 1 is 1.39 bits per heavy atom. The summed E-state index contributed by atoms with van der Waals surface area (Å²) in [4.78, 5) is 15.8. The van der Waals surface area contributed by atoms with Gasteiger partial charge < -0.3 is 0 Å². The van der Waals surface area contributed by atoms with E-state index in [1.54, 1.807) is 6.20 Å². The zero-order valence-corrected chi connectivity index (χ0v) is 10.6. The maximum absolute atomic E-state index is 11.6. The van der Waals surface area contributed by atoms with Gasteiger partial charge in [0, 0.05) is 30.8 Å². The molecule has 0 radical (unpaired) electrons. The normalized spacial score (nSPS) is 10.2. The third-order valence-electron chi connectivity index (χ3n) is 2.66. The summed E-state index contributed by atoms with van der Waals surface area (Å²) in [5.41, 5.74) is 1.84. The number of fused-ring (bicyclic) bond motifs is 1. The van der Waals surface area contributed by atoms with Crippen molar-refractivity contribution in [3.05, 3.63) is 41.0 Å². The third kappa shape index (κ3) is 3.09. The zero-order valence-electron chi connectivity index (χ0n) is 9.82. The Morgan fingerprint density at radius 2 is 2.22 bits per heavy atom. The number of ketones is 1. The molecule has 3 heteroatoms. The van der Waals surface area contributed by atoms with Crippen molar-refractivity contribution in [2.24, 2.45) is 0 Å². The first-order chi connectivity index (χ1) is 8.69. The number of benzene rings is 1. The molecular weight excluding hydrogens is 246 g/mol. The van der Waals surface area contributed by atoms with E-state index >= 15 is 0 Å². The lowest BCUT2D eigenvalue weighted by molar-refractivity contribution is -0.118. The summed E-state index contributed by atoms with van der Waals surface area (Å²) in [5, 5.41) is 1.54. The molecule has 0 aliphatic carbocycles. The van der Waals surface area contributed by atoms with Gasteiger partial charge in [0.2, 0.25) is 0 Å². The average molecular weight is 258 g/mol. The van der Waals surface area contributed by atoms with Gasteiger partial charge in [0.05, 0.1) is 10.5 Å². The highest BCUT2D eigenvalue weighted by Gasteiger charge is 2.04. The molecule has 0 aliphatic rings. The minimum absolute atomic E-state index is 0.155. The third-order valence-corrected chi connectivity index (χ3v) is 2.87. The highest BCUT2D eigenvalue weighted by molar-refractivity contribution is 6.31. The minimum atomic E-state index is 0.155. The molecule has 0 saturated carbocycles. The van der Waals surface area contributed by atoms with Crippen molar-refractivity contribution in [3.63, 3.8) is 0 Å². The molecule has 0 bridgehead atoms. The summed E-state index contributed by atoms with van der Waals surface area (Å²) < 4.78 is 0. The van der Waals surface area contributed by atoms with Crippen LogP contribution >= 0.6 is 11.6 Å². The van der Waals surface area contributed by atoms with Crippen LogP contribution in [-0.4, -0.2) is 10.8 Å². The van der Waals surface area contributed by atoms with Crippen LogP contribution in [0.3, 0.4) is 0 Å². The van der Waals surface area contributed by atoms with Crippen molar-refractivity contribution in [1.82, 2.24) is 4.98 Å². The van der Waals surface area contributed by atoms with Crippen molar-refractivity contribution >= 4 is 28.3 Å². The van der Waals surface area contributed by atoms with E-state index < -0.39 is 0 Å². The number of terminal acetylenes is 1. The number of pyridine rings is 1. The smallest absolute Gasteiger partial charge is 0.138 e. The average Bonchev–Trinajstić information content (AvgIpc) is 2.36. The fourth-order valence-electron chi connectivity index (χ4n) is 1.79. The Bertz CT molecular complexity index is 628. The van der Waals surface area contributed by atoms with Crippen molar-refractivity contribution in [3.8, 4) is 12.3 Å². The summed E-state index contributed by atoms with van der Waals surface area (Å²) in [6, 6.07) is 7.60. The van der Waals surface area contributed by atoms with Crippen LogP contribution in [0.2, 0.25) is 5.02 Å². The molecule has 0 fully saturated rings. The van der Waals surface area contributed by atoms with Crippen LogP contribution in [0.4, 0.5) is 0 Å². The van der Waals surface area contributed by atoms with E-state index in [2.05, 4.69) is 10.9 Å². The number of hydrogen-bond acceptors (Lipinski definition) is 2. The predicted octanol–water partition coefficient (Wildman–Crippen LogP) is 3.41. The van der Waals surface area contributed by atoms with Gasteiger partial charge in [-0.25, -0.2) is 0 Å². The van der Waals surface area contributed by atoms with Crippen LogP contribution in [0.1, 0.15) is 18.4 Å². The lowest BCUT2D eigenvalue weighted by Crippen LogP contribution is -2.01. The second-order valence-corrected chi connectivity index (χ2v) is 4.54. The van der Waals surface area contributed by atoms with E-state index in [0.29, 0.717) is 24.3 Å². The standard InChI is InChI=1S/C15H12ClNO/c1-2-3-4-14(18)8-11-5-6-15-12(7-11)9-13(16)10-17-15/h1,5-7,9-10H,3-4,8H2. The molecule has 0 atom stereocenters. The molecular formula is C15H12ClNO. The van der Waals surface area contributed by atoms with Gasteiger partial charge >= 0.3 is 0 Å². The minimum Gasteiger partial charge on any atom is -0.299 e. The molecule has 1 aromatic carbocycles. The van der Waals surface area contributed by atoms with Gasteiger partial charge in [-0.2, -0.15) is 0 Å². The topological polar surface area (TPSA) is 30.0 Å². The maximum Gasteiger partial charge on any atom is 0.138 e. The molecule has 0 saturated heterocycles. The summed E-state index contributed by atoms with van der Waals surface area (Å²) in [7, 11) is 0. The molecule has 0 unspecified atom stereocenters. The Kier molecular flexibility index (Phi) is 3.96. The van der Waals surface area contributed by atoms with Crippen molar-refractivity contribution < 1.29 is 4.79 Å². The first kappa shape index (κ1) is 12.6. The molecule has 18 heavy (non-hydrogen) atoms. The van der Waals surface area contributed by atoms with E-state index in [1.807, 2.05) is 24.3 Å².